The van der Waals surface area contributed by atoms with Gasteiger partial charge in [0.25, 0.3) is 0 Å². The molecule has 1 N–H and O–H groups in total. The highest BCUT2D eigenvalue weighted by Gasteiger charge is 2.71. The lowest BCUT2D eigenvalue weighted by Gasteiger charge is -2.73. The Morgan fingerprint density at radius 1 is 0.818 bits per heavy atom. The summed E-state index contributed by atoms with van der Waals surface area (Å²) in [6.07, 6.45) is 16.3. The topological polar surface area (TPSA) is 64.6 Å². The zero-order valence-corrected chi connectivity index (χ0v) is 29.6. The zero-order chi connectivity index (χ0) is 32.1. The van der Waals surface area contributed by atoms with Crippen LogP contribution in [0.3, 0.4) is 0 Å². The summed E-state index contributed by atoms with van der Waals surface area (Å²) in [5.41, 5.74) is 2.18. The van der Waals surface area contributed by atoms with Gasteiger partial charge in [0.2, 0.25) is 0 Å². The maximum absolute atomic E-state index is 12.8. The van der Waals surface area contributed by atoms with E-state index in [1.807, 2.05) is 0 Å². The van der Waals surface area contributed by atoms with E-state index in [1.165, 1.54) is 56.9 Å². The number of hydrogen-bond donors (Lipinski definition) is 1. The van der Waals surface area contributed by atoms with E-state index < -0.39 is 0 Å². The first-order chi connectivity index (χ1) is 20.7. The fourth-order valence-corrected chi connectivity index (χ4v) is 12.9. The normalized spacial score (nSPS) is 43.9. The molecule has 5 heteroatoms. The van der Waals surface area contributed by atoms with Crippen LogP contribution in [0.4, 0.5) is 4.79 Å². The molecule has 0 spiro atoms. The van der Waals surface area contributed by atoms with Crippen molar-refractivity contribution >= 4 is 12.1 Å². The monoisotopic (exact) mass is 611 g/mol. The Balaban J connectivity index is 1.37. The van der Waals surface area contributed by atoms with E-state index in [0.717, 1.165) is 38.5 Å². The van der Waals surface area contributed by atoms with Crippen LogP contribution in [0.5, 0.6) is 0 Å². The van der Waals surface area contributed by atoms with Crippen LogP contribution in [-0.2, 0) is 14.3 Å². The van der Waals surface area contributed by atoms with Crippen LogP contribution >= 0.6 is 0 Å². The molecule has 0 radical (unpaired) electrons. The van der Waals surface area contributed by atoms with Crippen molar-refractivity contribution in [1.29, 1.82) is 0 Å². The quantitative estimate of drug-likeness (QED) is 0.160. The predicted octanol–water partition coefficient (Wildman–Crippen LogP) is 9.88. The van der Waals surface area contributed by atoms with Crippen molar-refractivity contribution in [1.82, 2.24) is 5.32 Å². The Morgan fingerprint density at radius 2 is 1.57 bits per heavy atom. The third kappa shape index (κ3) is 5.36. The minimum Gasteiger partial charge on any atom is -0.462 e. The molecule has 0 unspecified atom stereocenters. The van der Waals surface area contributed by atoms with Crippen molar-refractivity contribution in [3.05, 3.63) is 12.2 Å². The van der Waals surface area contributed by atoms with Crippen molar-refractivity contribution in [2.75, 3.05) is 13.2 Å². The number of alkyl carbamates (subject to hydrolysis) is 1. The number of ether oxygens (including phenoxy) is 2. The minimum atomic E-state index is -0.226. The van der Waals surface area contributed by atoms with Crippen LogP contribution in [0, 0.1) is 56.7 Å². The average Bonchev–Trinajstić information content (AvgIpc) is 3.34. The summed E-state index contributed by atoms with van der Waals surface area (Å²) in [6, 6.07) is 0. The summed E-state index contributed by atoms with van der Waals surface area (Å²) in [4.78, 5) is 24.8. The van der Waals surface area contributed by atoms with Gasteiger partial charge in [0.1, 0.15) is 6.10 Å². The number of fused-ring (bicyclic) bond motifs is 7. The molecular weight excluding hydrogens is 546 g/mol. The van der Waals surface area contributed by atoms with Crippen LogP contribution in [0.2, 0.25) is 0 Å². The van der Waals surface area contributed by atoms with Gasteiger partial charge >= 0.3 is 12.1 Å². The van der Waals surface area contributed by atoms with Gasteiger partial charge in [-0.1, -0.05) is 73.0 Å². The van der Waals surface area contributed by atoms with Gasteiger partial charge in [-0.05, 0) is 123 Å². The van der Waals surface area contributed by atoms with Crippen LogP contribution in [0.25, 0.3) is 0 Å². The fraction of sp³-hybridized carbons (Fsp3) is 0.897. The Bertz CT molecular complexity index is 1100. The van der Waals surface area contributed by atoms with Crippen LogP contribution in [-0.4, -0.2) is 31.3 Å². The number of nitrogens with one attached hydrogen (secondary N) is 1. The number of hydrogen-bond acceptors (Lipinski definition) is 4. The molecule has 5 aliphatic rings. The second-order valence-corrected chi connectivity index (χ2v) is 17.6. The van der Waals surface area contributed by atoms with Crippen molar-refractivity contribution in [3.63, 3.8) is 0 Å². The molecule has 0 aromatic carbocycles. The standard InChI is InChI=1S/C39H65NO4/c1-10-11-12-13-24-40-34(42)43-25-39-21-16-28(26(2)3)33(39)29-14-15-31-36(7)19-18-32(44-27(4)41)35(5,6)30(36)17-20-38(31,9)37(29,8)22-23-39/h28-33H,2,10-25H2,1,3-9H3,(H,40,42)/t28-,29+,30-,31+,32-,33+,36-,37+,38+,39+/m0/s1. The molecule has 0 saturated heterocycles. The first-order valence-corrected chi connectivity index (χ1v) is 18.4. The van der Waals surface area contributed by atoms with Crippen molar-refractivity contribution in [3.8, 4) is 0 Å². The number of carbonyl (C=O) groups is 2. The zero-order valence-electron chi connectivity index (χ0n) is 29.6. The summed E-state index contributed by atoms with van der Waals surface area (Å²) in [5.74, 6) is 2.80. The SMILES string of the molecule is C=C(C)[C@@H]1CC[C@]2(COC(=O)NCCCCCC)CC[C@]3(C)[C@H](CC[C@@H]4[C@@]5(C)CC[C@H](OC(C)=O)C(C)(C)[C@@H]5CC[C@]43C)[C@@H]12. The van der Waals surface area contributed by atoms with Gasteiger partial charge in [-0.25, -0.2) is 4.79 Å². The molecule has 5 aliphatic carbocycles. The van der Waals surface area contributed by atoms with Gasteiger partial charge in [0.15, 0.2) is 0 Å². The second kappa shape index (κ2) is 12.3. The molecule has 5 saturated carbocycles. The fourth-order valence-electron chi connectivity index (χ4n) is 12.9. The van der Waals surface area contributed by atoms with Crippen LogP contribution in [0.1, 0.15) is 145 Å². The first-order valence-electron chi connectivity index (χ1n) is 18.4. The lowest BCUT2D eigenvalue weighted by atomic mass is 9.32. The molecule has 0 aliphatic heterocycles. The molecule has 5 fully saturated rings. The molecular formula is C39H65NO4. The third-order valence-electron chi connectivity index (χ3n) is 15.3. The maximum Gasteiger partial charge on any atom is 0.407 e. The molecule has 10 atom stereocenters. The number of amides is 1. The summed E-state index contributed by atoms with van der Waals surface area (Å²) in [6.45, 7) is 24.6. The van der Waals surface area contributed by atoms with Crippen LogP contribution in [0.15, 0.2) is 12.2 Å². The highest BCUT2D eigenvalue weighted by molar-refractivity contribution is 5.67. The van der Waals surface area contributed by atoms with Gasteiger partial charge < -0.3 is 14.8 Å². The van der Waals surface area contributed by atoms with E-state index in [4.69, 9.17) is 9.47 Å². The molecule has 0 heterocycles. The summed E-state index contributed by atoms with van der Waals surface area (Å²) in [7, 11) is 0. The Morgan fingerprint density at radius 3 is 2.25 bits per heavy atom. The van der Waals surface area contributed by atoms with E-state index in [2.05, 4.69) is 60.4 Å². The number of allylic oxidation sites excluding steroid dienone is 1. The molecule has 250 valence electrons. The second-order valence-electron chi connectivity index (χ2n) is 17.6. The molecule has 0 bridgehead atoms. The number of rotatable bonds is 9. The smallest absolute Gasteiger partial charge is 0.407 e. The summed E-state index contributed by atoms with van der Waals surface area (Å²) >= 11 is 0. The van der Waals surface area contributed by atoms with Crippen molar-refractivity contribution < 1.29 is 19.1 Å². The Kier molecular flexibility index (Phi) is 9.42. The lowest BCUT2D eigenvalue weighted by Crippen LogP contribution is -2.67. The third-order valence-corrected chi connectivity index (χ3v) is 15.3. The van der Waals surface area contributed by atoms with Crippen LogP contribution < -0.4 is 5.32 Å². The van der Waals surface area contributed by atoms with Gasteiger partial charge in [-0.15, -0.1) is 0 Å². The molecule has 5 nitrogen and oxygen atoms in total. The molecule has 0 aromatic heterocycles. The van der Waals surface area contributed by atoms with Gasteiger partial charge in [-0.3, -0.25) is 4.79 Å². The van der Waals surface area contributed by atoms with Crippen molar-refractivity contribution in [2.24, 2.45) is 56.7 Å². The average molecular weight is 612 g/mol. The maximum atomic E-state index is 12.8. The largest absolute Gasteiger partial charge is 0.462 e. The molecule has 44 heavy (non-hydrogen) atoms. The Labute approximate surface area is 269 Å². The summed E-state index contributed by atoms with van der Waals surface area (Å²) in [5, 5.41) is 3.04. The number of unbranched alkanes of at least 4 members (excludes halogenated alkanes) is 3. The first kappa shape index (κ1) is 33.8. The van der Waals surface area contributed by atoms with Gasteiger partial charge in [-0.2, -0.15) is 0 Å². The van der Waals surface area contributed by atoms with E-state index in [9.17, 15) is 9.59 Å². The predicted molar refractivity (Wildman–Crippen MR) is 178 cm³/mol. The van der Waals surface area contributed by atoms with E-state index in [0.29, 0.717) is 42.7 Å². The molecule has 0 aromatic rings. The molecule has 5 rings (SSSR count). The molecule has 1 amide bonds. The highest BCUT2D eigenvalue weighted by atomic mass is 16.6. The minimum absolute atomic E-state index is 0.0100. The summed E-state index contributed by atoms with van der Waals surface area (Å²) < 4.78 is 12.0. The Hall–Kier alpha value is -1.52. The lowest BCUT2D eigenvalue weighted by molar-refractivity contribution is -0.251. The van der Waals surface area contributed by atoms with E-state index >= 15 is 0 Å². The van der Waals surface area contributed by atoms with E-state index in [1.54, 1.807) is 6.92 Å². The van der Waals surface area contributed by atoms with Gasteiger partial charge in [0, 0.05) is 24.3 Å². The van der Waals surface area contributed by atoms with Gasteiger partial charge in [0.05, 0.1) is 6.61 Å². The van der Waals surface area contributed by atoms with E-state index in [-0.39, 0.29) is 45.2 Å². The number of carbonyl (C=O) groups excluding carboxylic acids is 2. The highest BCUT2D eigenvalue weighted by Crippen LogP contribution is 2.77. The number of esters is 1. The van der Waals surface area contributed by atoms with Crippen molar-refractivity contribution in [2.45, 2.75) is 151 Å².